The zero-order valence-corrected chi connectivity index (χ0v) is 14.8. The number of pyridine rings is 1. The van der Waals surface area contributed by atoms with Crippen molar-refractivity contribution in [1.82, 2.24) is 15.0 Å². The summed E-state index contributed by atoms with van der Waals surface area (Å²) in [5.74, 6) is -0.190. The maximum atomic E-state index is 10.8. The molecule has 3 rings (SSSR count). The highest BCUT2D eigenvalue weighted by molar-refractivity contribution is 7.98. The van der Waals surface area contributed by atoms with E-state index in [2.05, 4.69) is 25.6 Å². The van der Waals surface area contributed by atoms with Gasteiger partial charge in [0.15, 0.2) is 0 Å². The van der Waals surface area contributed by atoms with Crippen LogP contribution in [0.25, 0.3) is 11.3 Å². The molecule has 1 aromatic carbocycles. The number of aliphatic carboxylic acids is 1. The molecule has 26 heavy (non-hydrogen) atoms. The molecule has 2 heterocycles. The van der Waals surface area contributed by atoms with E-state index in [9.17, 15) is 4.79 Å². The second-order valence-corrected chi connectivity index (χ2v) is 6.19. The van der Waals surface area contributed by atoms with Crippen molar-refractivity contribution in [2.45, 2.75) is 4.90 Å². The molecule has 7 nitrogen and oxygen atoms in total. The number of aromatic nitrogens is 3. The van der Waals surface area contributed by atoms with E-state index in [4.69, 9.17) is 5.11 Å². The lowest BCUT2D eigenvalue weighted by molar-refractivity contribution is -0.134. The predicted molar refractivity (Wildman–Crippen MR) is 103 cm³/mol. The number of rotatable bonds is 7. The molecule has 0 bridgehead atoms. The van der Waals surface area contributed by atoms with E-state index in [1.165, 1.54) is 0 Å². The number of nitrogens with one attached hydrogen (secondary N) is 2. The van der Waals surface area contributed by atoms with E-state index in [1.54, 1.807) is 30.2 Å². The van der Waals surface area contributed by atoms with Crippen molar-refractivity contribution in [3.63, 3.8) is 0 Å². The number of anilines is 3. The highest BCUT2D eigenvalue weighted by Crippen LogP contribution is 2.25. The summed E-state index contributed by atoms with van der Waals surface area (Å²) in [6, 6.07) is 13.4. The number of hydrogen-bond donors (Lipinski definition) is 3. The number of benzene rings is 1. The third-order valence-electron chi connectivity index (χ3n) is 3.42. The molecule has 0 saturated heterocycles. The Hall–Kier alpha value is -3.13. The number of thioether (sulfide) groups is 1. The van der Waals surface area contributed by atoms with Crippen molar-refractivity contribution >= 4 is 35.2 Å². The van der Waals surface area contributed by atoms with Crippen molar-refractivity contribution in [1.29, 1.82) is 0 Å². The fourth-order valence-corrected chi connectivity index (χ4v) is 2.72. The van der Waals surface area contributed by atoms with Gasteiger partial charge >= 0.3 is 5.97 Å². The van der Waals surface area contributed by atoms with E-state index in [0.29, 0.717) is 11.5 Å². The fourth-order valence-electron chi connectivity index (χ4n) is 2.26. The minimum Gasteiger partial charge on any atom is -0.480 e. The molecule has 3 aromatic rings. The SMILES string of the molecule is CSc1cccc(Nc2cc(-c3cccnc3)nc(NCC(=O)O)n2)c1. The van der Waals surface area contributed by atoms with Crippen molar-refractivity contribution in [3.8, 4) is 11.3 Å². The van der Waals surface area contributed by atoms with Crippen molar-refractivity contribution in [3.05, 3.63) is 54.9 Å². The average Bonchev–Trinajstić information content (AvgIpc) is 2.67. The third-order valence-corrected chi connectivity index (χ3v) is 4.15. The molecule has 0 radical (unpaired) electrons. The molecule has 2 aromatic heterocycles. The van der Waals surface area contributed by atoms with E-state index >= 15 is 0 Å². The molecule has 0 fully saturated rings. The third kappa shape index (κ3) is 4.70. The summed E-state index contributed by atoms with van der Waals surface area (Å²) in [7, 11) is 0. The van der Waals surface area contributed by atoms with Gasteiger partial charge in [-0.25, -0.2) is 4.98 Å². The molecule has 0 atom stereocenters. The lowest BCUT2D eigenvalue weighted by atomic mass is 10.2. The Balaban J connectivity index is 1.94. The molecular weight excluding hydrogens is 350 g/mol. The van der Waals surface area contributed by atoms with Crippen LogP contribution in [-0.4, -0.2) is 38.8 Å². The van der Waals surface area contributed by atoms with E-state index in [-0.39, 0.29) is 12.5 Å². The Labute approximate surface area is 154 Å². The van der Waals surface area contributed by atoms with Gasteiger partial charge in [-0.05, 0) is 36.6 Å². The highest BCUT2D eigenvalue weighted by Gasteiger charge is 2.09. The Bertz CT molecular complexity index is 905. The maximum absolute atomic E-state index is 10.8. The van der Waals surface area contributed by atoms with Crippen LogP contribution in [-0.2, 0) is 4.79 Å². The average molecular weight is 367 g/mol. The van der Waals surface area contributed by atoms with Crippen molar-refractivity contribution < 1.29 is 9.90 Å². The van der Waals surface area contributed by atoms with Gasteiger partial charge in [-0.15, -0.1) is 11.8 Å². The second-order valence-electron chi connectivity index (χ2n) is 5.31. The van der Waals surface area contributed by atoms with Crippen LogP contribution in [0.3, 0.4) is 0 Å². The molecular formula is C18H17N5O2S. The monoisotopic (exact) mass is 367 g/mol. The second kappa shape index (κ2) is 8.30. The molecule has 0 saturated carbocycles. The Kier molecular flexibility index (Phi) is 5.65. The molecule has 0 unspecified atom stereocenters. The van der Waals surface area contributed by atoms with E-state index < -0.39 is 5.97 Å². The summed E-state index contributed by atoms with van der Waals surface area (Å²) < 4.78 is 0. The first kappa shape index (κ1) is 17.7. The molecule has 132 valence electrons. The smallest absolute Gasteiger partial charge is 0.322 e. The largest absolute Gasteiger partial charge is 0.480 e. The van der Waals surface area contributed by atoms with Gasteiger partial charge in [-0.1, -0.05) is 6.07 Å². The van der Waals surface area contributed by atoms with Gasteiger partial charge in [0.25, 0.3) is 0 Å². The Morgan fingerprint density at radius 3 is 2.81 bits per heavy atom. The number of nitrogens with zero attached hydrogens (tertiary/aromatic N) is 3. The first-order chi connectivity index (χ1) is 12.6. The lowest BCUT2D eigenvalue weighted by Crippen LogP contribution is -2.15. The Morgan fingerprint density at radius 1 is 1.19 bits per heavy atom. The molecule has 0 spiro atoms. The maximum Gasteiger partial charge on any atom is 0.322 e. The number of hydrogen-bond acceptors (Lipinski definition) is 7. The van der Waals surface area contributed by atoms with Crippen LogP contribution in [0, 0.1) is 0 Å². The zero-order chi connectivity index (χ0) is 18.4. The summed E-state index contributed by atoms with van der Waals surface area (Å²) in [6.45, 7) is -0.266. The molecule has 0 aliphatic rings. The van der Waals surface area contributed by atoms with Gasteiger partial charge < -0.3 is 15.7 Å². The molecule has 8 heteroatoms. The standard InChI is InChI=1S/C18H17N5O2S/c1-26-14-6-2-5-13(8-14)21-16-9-15(12-4-3-7-19-10-12)22-18(23-16)20-11-17(24)25/h2-10H,11H2,1H3,(H,24,25)(H2,20,21,22,23). The van der Waals surface area contributed by atoms with Crippen LogP contribution in [0.5, 0.6) is 0 Å². The normalized spacial score (nSPS) is 10.3. The fraction of sp³-hybridized carbons (Fsp3) is 0.111. The van der Waals surface area contributed by atoms with Gasteiger partial charge in [0.05, 0.1) is 5.69 Å². The zero-order valence-electron chi connectivity index (χ0n) is 14.0. The first-order valence-electron chi connectivity index (χ1n) is 7.80. The van der Waals surface area contributed by atoms with Crippen molar-refractivity contribution in [2.75, 3.05) is 23.4 Å². The Morgan fingerprint density at radius 2 is 2.08 bits per heavy atom. The lowest BCUT2D eigenvalue weighted by Gasteiger charge is -2.11. The van der Waals surface area contributed by atoms with Gasteiger partial charge in [-0.3, -0.25) is 9.78 Å². The van der Waals surface area contributed by atoms with Crippen LogP contribution in [0.1, 0.15) is 0 Å². The van der Waals surface area contributed by atoms with E-state index in [1.807, 2.05) is 42.7 Å². The van der Waals surface area contributed by atoms with E-state index in [0.717, 1.165) is 16.1 Å². The number of carboxylic acids is 1. The number of carboxylic acid groups (broad SMARTS) is 1. The summed E-state index contributed by atoms with van der Waals surface area (Å²) in [4.78, 5) is 24.8. The van der Waals surface area contributed by atoms with Crippen LogP contribution < -0.4 is 10.6 Å². The molecule has 0 aliphatic carbocycles. The first-order valence-corrected chi connectivity index (χ1v) is 9.03. The topological polar surface area (TPSA) is 100 Å². The van der Waals surface area contributed by atoms with Crippen LogP contribution >= 0.6 is 11.8 Å². The molecule has 0 amide bonds. The van der Waals surface area contributed by atoms with Crippen LogP contribution in [0.4, 0.5) is 17.5 Å². The van der Waals surface area contributed by atoms with Crippen LogP contribution in [0.15, 0.2) is 59.8 Å². The quantitative estimate of drug-likeness (QED) is 0.546. The van der Waals surface area contributed by atoms with Gasteiger partial charge in [0.2, 0.25) is 5.95 Å². The minimum absolute atomic E-state index is 0.234. The summed E-state index contributed by atoms with van der Waals surface area (Å²) in [5, 5.41) is 14.8. The highest BCUT2D eigenvalue weighted by atomic mass is 32.2. The summed E-state index contributed by atoms with van der Waals surface area (Å²) in [6.07, 6.45) is 5.39. The number of carbonyl (C=O) groups is 1. The van der Waals surface area contributed by atoms with Gasteiger partial charge in [-0.2, -0.15) is 4.98 Å². The van der Waals surface area contributed by atoms with Gasteiger partial charge in [0, 0.05) is 34.6 Å². The predicted octanol–water partition coefficient (Wildman–Crippen LogP) is 3.50. The summed E-state index contributed by atoms with van der Waals surface area (Å²) in [5.41, 5.74) is 2.34. The molecule has 0 aliphatic heterocycles. The minimum atomic E-state index is -0.984. The van der Waals surface area contributed by atoms with Crippen molar-refractivity contribution in [2.24, 2.45) is 0 Å². The molecule has 3 N–H and O–H groups in total. The van der Waals surface area contributed by atoms with Crippen LogP contribution in [0.2, 0.25) is 0 Å². The van der Waals surface area contributed by atoms with Gasteiger partial charge in [0.1, 0.15) is 12.4 Å². The summed E-state index contributed by atoms with van der Waals surface area (Å²) >= 11 is 1.65.